The zero-order valence-corrected chi connectivity index (χ0v) is 14.4. The summed E-state index contributed by atoms with van der Waals surface area (Å²) in [5.74, 6) is 0.0690. The molecule has 1 fully saturated rings. The van der Waals surface area contributed by atoms with Crippen molar-refractivity contribution < 1.29 is 9.59 Å². The fourth-order valence-electron chi connectivity index (χ4n) is 3.26. The van der Waals surface area contributed by atoms with E-state index in [1.54, 1.807) is 19.1 Å². The van der Waals surface area contributed by atoms with Crippen LogP contribution in [0, 0.1) is 0 Å². The molecule has 1 atom stereocenters. The van der Waals surface area contributed by atoms with Crippen LogP contribution in [-0.4, -0.2) is 27.7 Å². The number of hydrogen-bond donors (Lipinski definition) is 0. The average molecular weight is 330 g/mol. The minimum atomic E-state index is 0.0175. The third-order valence-corrected chi connectivity index (χ3v) is 5.68. The summed E-state index contributed by atoms with van der Waals surface area (Å²) in [7, 11) is 2.03. The summed E-state index contributed by atoms with van der Waals surface area (Å²) in [4.78, 5) is 27.8. The summed E-state index contributed by atoms with van der Waals surface area (Å²) >= 11 is 1.31. The van der Waals surface area contributed by atoms with Crippen LogP contribution in [0.3, 0.4) is 0 Å². The molecule has 0 aliphatic carbocycles. The van der Waals surface area contributed by atoms with Gasteiger partial charge in [-0.15, -0.1) is 11.3 Å². The van der Waals surface area contributed by atoms with Crippen molar-refractivity contribution in [1.82, 2.24) is 9.47 Å². The molecule has 4 nitrogen and oxygen atoms in total. The highest BCUT2D eigenvalue weighted by molar-refractivity contribution is 7.15. The zero-order chi connectivity index (χ0) is 16.4. The zero-order valence-electron chi connectivity index (χ0n) is 13.6. The molecule has 1 saturated heterocycles. The van der Waals surface area contributed by atoms with Gasteiger partial charge in [-0.3, -0.25) is 9.59 Å². The van der Waals surface area contributed by atoms with Crippen molar-refractivity contribution in [3.63, 3.8) is 0 Å². The first-order valence-electron chi connectivity index (χ1n) is 8.11. The number of rotatable bonds is 3. The highest BCUT2D eigenvalue weighted by Gasteiger charge is 2.29. The van der Waals surface area contributed by atoms with Gasteiger partial charge in [0.15, 0.2) is 5.78 Å². The number of likely N-dealkylation sites (tertiary alicyclic amines) is 1. The largest absolute Gasteiger partial charge is 0.353 e. The number of nitrogens with zero attached hydrogens (tertiary/aromatic N) is 2. The molecule has 3 rings (SSSR count). The lowest BCUT2D eigenvalue weighted by atomic mass is 10.1. The van der Waals surface area contributed by atoms with Gasteiger partial charge in [0, 0.05) is 25.5 Å². The minimum absolute atomic E-state index is 0.0175. The summed E-state index contributed by atoms with van der Waals surface area (Å²) < 4.78 is 2.10. The van der Waals surface area contributed by atoms with Crippen LogP contribution in [-0.2, 0) is 7.05 Å². The SMILES string of the molecule is CC(=O)c1ccc(C(=O)N2CCCCCC2c2cccn2C)s1. The first kappa shape index (κ1) is 16.0. The van der Waals surface area contributed by atoms with Crippen molar-refractivity contribution in [3.8, 4) is 0 Å². The Morgan fingerprint density at radius 2 is 1.91 bits per heavy atom. The molecule has 0 saturated carbocycles. The van der Waals surface area contributed by atoms with Crippen molar-refractivity contribution >= 4 is 23.0 Å². The van der Waals surface area contributed by atoms with Crippen LogP contribution >= 0.6 is 11.3 Å². The number of Topliss-reactive ketones (excluding diaryl/α,β-unsaturated/α-hetero) is 1. The van der Waals surface area contributed by atoms with Crippen LogP contribution in [0.2, 0.25) is 0 Å². The molecule has 122 valence electrons. The maximum Gasteiger partial charge on any atom is 0.264 e. The molecule has 2 aromatic heterocycles. The molecule has 5 heteroatoms. The lowest BCUT2D eigenvalue weighted by Gasteiger charge is -2.30. The van der Waals surface area contributed by atoms with Gasteiger partial charge in [-0.1, -0.05) is 12.8 Å². The van der Waals surface area contributed by atoms with Gasteiger partial charge in [-0.25, -0.2) is 0 Å². The summed E-state index contributed by atoms with van der Waals surface area (Å²) in [6.45, 7) is 2.32. The van der Waals surface area contributed by atoms with E-state index in [2.05, 4.69) is 10.6 Å². The highest BCUT2D eigenvalue weighted by Crippen LogP contribution is 2.32. The summed E-state index contributed by atoms with van der Waals surface area (Å²) in [6.07, 6.45) is 6.37. The topological polar surface area (TPSA) is 42.3 Å². The van der Waals surface area contributed by atoms with Gasteiger partial charge >= 0.3 is 0 Å². The number of hydrogen-bond acceptors (Lipinski definition) is 3. The minimum Gasteiger partial charge on any atom is -0.353 e. The van der Waals surface area contributed by atoms with Crippen molar-refractivity contribution in [1.29, 1.82) is 0 Å². The molecule has 1 unspecified atom stereocenters. The second kappa shape index (κ2) is 6.71. The van der Waals surface area contributed by atoms with Gasteiger partial charge in [-0.2, -0.15) is 0 Å². The number of aryl methyl sites for hydroxylation is 1. The Hall–Kier alpha value is -1.88. The Bertz CT molecular complexity index is 716. The van der Waals surface area contributed by atoms with Gasteiger partial charge in [0.25, 0.3) is 5.91 Å². The molecule has 1 aliphatic rings. The number of amides is 1. The summed E-state index contributed by atoms with van der Waals surface area (Å²) in [5.41, 5.74) is 1.18. The van der Waals surface area contributed by atoms with Gasteiger partial charge in [0.05, 0.1) is 15.8 Å². The van der Waals surface area contributed by atoms with E-state index < -0.39 is 0 Å². The molecule has 23 heavy (non-hydrogen) atoms. The lowest BCUT2D eigenvalue weighted by Crippen LogP contribution is -2.35. The number of carbonyl (C=O) groups is 2. The molecule has 3 heterocycles. The molecule has 0 aromatic carbocycles. The van der Waals surface area contributed by atoms with E-state index in [9.17, 15) is 9.59 Å². The first-order chi connectivity index (χ1) is 11.1. The van der Waals surface area contributed by atoms with Gasteiger partial charge in [-0.05, 0) is 44.0 Å². The lowest BCUT2D eigenvalue weighted by molar-refractivity contribution is 0.0679. The highest BCUT2D eigenvalue weighted by atomic mass is 32.1. The van der Waals surface area contributed by atoms with Gasteiger partial charge in [0.1, 0.15) is 0 Å². The van der Waals surface area contributed by atoms with E-state index in [-0.39, 0.29) is 17.7 Å². The van der Waals surface area contributed by atoms with Crippen LogP contribution < -0.4 is 0 Å². The van der Waals surface area contributed by atoms with E-state index in [4.69, 9.17) is 0 Å². The van der Waals surface area contributed by atoms with Crippen LogP contribution in [0.5, 0.6) is 0 Å². The van der Waals surface area contributed by atoms with Crippen LogP contribution in [0.1, 0.15) is 63.7 Å². The van der Waals surface area contributed by atoms with Crippen molar-refractivity contribution in [2.24, 2.45) is 7.05 Å². The third kappa shape index (κ3) is 3.24. The predicted octanol–water partition coefficient (Wildman–Crippen LogP) is 4.05. The molecule has 0 N–H and O–H groups in total. The molecule has 1 aliphatic heterocycles. The van der Waals surface area contributed by atoms with E-state index in [1.807, 2.05) is 24.2 Å². The molecule has 0 spiro atoms. The Morgan fingerprint density at radius 3 is 2.57 bits per heavy atom. The molecule has 0 radical (unpaired) electrons. The van der Waals surface area contributed by atoms with Crippen molar-refractivity contribution in [2.45, 2.75) is 38.6 Å². The van der Waals surface area contributed by atoms with E-state index in [1.165, 1.54) is 17.0 Å². The summed E-state index contributed by atoms with van der Waals surface area (Å²) in [5, 5.41) is 0. The summed E-state index contributed by atoms with van der Waals surface area (Å²) in [6, 6.07) is 7.80. The Labute approximate surface area is 140 Å². The third-order valence-electron chi connectivity index (χ3n) is 4.50. The monoisotopic (exact) mass is 330 g/mol. The Balaban J connectivity index is 1.91. The van der Waals surface area contributed by atoms with E-state index in [0.717, 1.165) is 32.2 Å². The van der Waals surface area contributed by atoms with Gasteiger partial charge < -0.3 is 9.47 Å². The maximum absolute atomic E-state index is 13.0. The van der Waals surface area contributed by atoms with Gasteiger partial charge in [0.2, 0.25) is 0 Å². The number of thiophene rings is 1. The normalized spacial score (nSPS) is 18.7. The standard InChI is InChI=1S/C18H22N2O2S/c1-13(21)16-9-10-17(23-16)18(22)20-12-5-3-4-7-15(20)14-8-6-11-19(14)2/h6,8-11,15H,3-5,7,12H2,1-2H3. The smallest absolute Gasteiger partial charge is 0.264 e. The first-order valence-corrected chi connectivity index (χ1v) is 8.92. The van der Waals surface area contributed by atoms with Crippen molar-refractivity contribution in [3.05, 3.63) is 45.9 Å². The Morgan fingerprint density at radius 1 is 1.13 bits per heavy atom. The molecular formula is C18H22N2O2S. The fourth-order valence-corrected chi connectivity index (χ4v) is 4.12. The molecule has 1 amide bonds. The number of aromatic nitrogens is 1. The number of carbonyl (C=O) groups excluding carboxylic acids is 2. The second-order valence-corrected chi connectivity index (χ2v) is 7.21. The van der Waals surface area contributed by atoms with Crippen LogP contribution in [0.25, 0.3) is 0 Å². The molecular weight excluding hydrogens is 308 g/mol. The van der Waals surface area contributed by atoms with Crippen molar-refractivity contribution in [2.75, 3.05) is 6.54 Å². The van der Waals surface area contributed by atoms with E-state index >= 15 is 0 Å². The fraction of sp³-hybridized carbons (Fsp3) is 0.444. The molecule has 2 aromatic rings. The maximum atomic E-state index is 13.0. The quantitative estimate of drug-likeness (QED) is 0.797. The second-order valence-electron chi connectivity index (χ2n) is 6.13. The predicted molar refractivity (Wildman–Crippen MR) is 92.0 cm³/mol. The van der Waals surface area contributed by atoms with E-state index in [0.29, 0.717) is 9.75 Å². The number of ketones is 1. The molecule has 0 bridgehead atoms. The van der Waals surface area contributed by atoms with Crippen LogP contribution in [0.4, 0.5) is 0 Å². The van der Waals surface area contributed by atoms with Crippen LogP contribution in [0.15, 0.2) is 30.5 Å². The Kier molecular flexibility index (Phi) is 4.66. The average Bonchev–Trinajstić information content (AvgIpc) is 3.11.